The Kier molecular flexibility index (Phi) is 1.51. The molecular formula is C2H4BO3. The molecule has 0 aliphatic heterocycles. The van der Waals surface area contributed by atoms with Crippen molar-refractivity contribution in [3.8, 4) is 0 Å². The minimum atomic E-state index is -0.866. The summed E-state index contributed by atoms with van der Waals surface area (Å²) in [6.45, 7) is 0. The number of carbonyl (C=O) groups excluding carboxylic acids is 1. The first-order valence-corrected chi connectivity index (χ1v) is 1.26. The lowest BCUT2D eigenvalue weighted by Crippen LogP contribution is -1.99. The Morgan fingerprint density at radius 1 is 2.17 bits per heavy atom. The van der Waals surface area contributed by atoms with E-state index in [9.17, 15) is 4.79 Å². The second-order valence-electron chi connectivity index (χ2n) is 0.572. The molecule has 0 N–H and O–H groups in total. The first kappa shape index (κ1) is 3.52. The molecule has 1 radical (unpaired) electrons. The van der Waals surface area contributed by atoms with Crippen LogP contribution in [0.3, 0.4) is 0 Å². The molecular weight excluding hydrogens is 82.8 g/mol. The summed E-state index contributed by atoms with van der Waals surface area (Å²) in [6.07, 6.45) is -0.866. The maximum atomic E-state index is 9.82. The van der Waals surface area contributed by atoms with Crippen LogP contribution in [0.5, 0.6) is 0 Å². The third-order valence-electron chi connectivity index (χ3n) is 0.263. The highest BCUT2D eigenvalue weighted by molar-refractivity contribution is 6.04. The summed E-state index contributed by atoms with van der Waals surface area (Å²) in [5, 5.41) is 0. The molecule has 0 aliphatic carbocycles. The number of methoxy groups -OCH3 is 1. The molecule has 6 heavy (non-hydrogen) atoms. The average Bonchev–Trinajstić information content (AvgIpc) is 1.68. The van der Waals surface area contributed by atoms with Crippen LogP contribution in [-0.2, 0) is 9.39 Å². The van der Waals surface area contributed by atoms with Crippen LogP contribution in [0.25, 0.3) is 0 Å². The van der Waals surface area contributed by atoms with Crippen molar-refractivity contribution in [1.82, 2.24) is 0 Å². The van der Waals surface area contributed by atoms with Crippen molar-refractivity contribution in [2.75, 3.05) is 7.11 Å². The van der Waals surface area contributed by atoms with E-state index in [4.69, 9.17) is 1.34 Å². The Balaban J connectivity index is 3.00. The largest absolute Gasteiger partial charge is 0.512 e. The van der Waals surface area contributed by atoms with Gasteiger partial charge in [-0.1, -0.05) is 0 Å². The SMILES string of the molecule is [3H][B]OC(=O)OC. The molecule has 0 amide bonds. The van der Waals surface area contributed by atoms with Crippen LogP contribution < -0.4 is 0 Å². The smallest absolute Gasteiger partial charge is 0.489 e. The number of carbonyl (C=O) groups is 1. The first-order valence-electron chi connectivity index (χ1n) is 1.83. The molecule has 0 fully saturated rings. The van der Waals surface area contributed by atoms with E-state index in [1.54, 1.807) is 0 Å². The van der Waals surface area contributed by atoms with Crippen molar-refractivity contribution in [3.63, 3.8) is 0 Å². The molecule has 0 atom stereocenters. The van der Waals surface area contributed by atoms with Gasteiger partial charge in [0.05, 0.1) is 7.11 Å². The van der Waals surface area contributed by atoms with E-state index in [0.717, 1.165) is 0 Å². The van der Waals surface area contributed by atoms with Crippen molar-refractivity contribution >= 4 is 14.2 Å². The summed E-state index contributed by atoms with van der Waals surface area (Å²) in [6, 6.07) is 0. The summed E-state index contributed by atoms with van der Waals surface area (Å²) < 4.78 is 14.0. The minimum absolute atomic E-state index is 0.506. The van der Waals surface area contributed by atoms with Gasteiger partial charge in [0.2, 0.25) is 0 Å². The lowest BCUT2D eigenvalue weighted by atomic mass is 10.6. The zero-order chi connectivity index (χ0) is 5.70. The van der Waals surface area contributed by atoms with Gasteiger partial charge in [0.25, 0.3) is 0 Å². The second kappa shape index (κ2) is 2.57. The zero-order valence-electron chi connectivity index (χ0n) is 4.30. The van der Waals surface area contributed by atoms with E-state index in [1.165, 1.54) is 7.11 Å². The van der Waals surface area contributed by atoms with Crippen molar-refractivity contribution in [2.45, 2.75) is 0 Å². The van der Waals surface area contributed by atoms with Gasteiger partial charge in [0.15, 0.2) is 0 Å². The van der Waals surface area contributed by atoms with E-state index in [2.05, 4.69) is 9.39 Å². The third kappa shape index (κ3) is 1.63. The topological polar surface area (TPSA) is 35.5 Å². The van der Waals surface area contributed by atoms with E-state index in [0.29, 0.717) is 8.01 Å². The van der Waals surface area contributed by atoms with Gasteiger partial charge < -0.3 is 9.39 Å². The van der Waals surface area contributed by atoms with Gasteiger partial charge in [-0.15, -0.1) is 0 Å². The maximum absolute atomic E-state index is 9.82. The Morgan fingerprint density at radius 2 is 2.83 bits per heavy atom. The van der Waals surface area contributed by atoms with E-state index in [1.807, 2.05) is 0 Å². The van der Waals surface area contributed by atoms with Crippen LogP contribution in [0.1, 0.15) is 0 Å². The summed E-state index contributed by atoms with van der Waals surface area (Å²) in [4.78, 5) is 9.82. The highest BCUT2D eigenvalue weighted by Gasteiger charge is 1.88. The fourth-order valence-electron chi connectivity index (χ4n) is 0.0481. The van der Waals surface area contributed by atoms with Gasteiger partial charge in [-0.05, 0) is 0 Å². The van der Waals surface area contributed by atoms with E-state index >= 15 is 0 Å². The molecule has 3 nitrogen and oxygen atoms in total. The molecule has 0 heterocycles. The Hall–Kier alpha value is -0.665. The number of ether oxygens (including phenoxy) is 1. The van der Waals surface area contributed by atoms with Gasteiger partial charge in [-0.2, -0.15) is 0 Å². The van der Waals surface area contributed by atoms with Crippen LogP contribution in [0.4, 0.5) is 4.79 Å². The monoisotopic (exact) mass is 89.0 g/mol. The third-order valence-corrected chi connectivity index (χ3v) is 0.263. The number of hydrogen-bond acceptors (Lipinski definition) is 3. The number of hydrogen-bond donors (Lipinski definition) is 0. The Bertz CT molecular complexity index is 66.0. The average molecular weight is 88.9 g/mol. The van der Waals surface area contributed by atoms with E-state index in [-0.39, 0.29) is 0 Å². The maximum Gasteiger partial charge on any atom is 0.489 e. The fraction of sp³-hybridized carbons (Fsp3) is 0.500. The molecule has 0 saturated heterocycles. The molecule has 0 unspecified atom stereocenters. The number of rotatable bonds is 1. The van der Waals surface area contributed by atoms with Gasteiger partial charge in [0.1, 0.15) is 0 Å². The standard InChI is InChI=1S/C2H4BO3/c1-5-2(4)6-3/h3H,1H3/i3T. The summed E-state index contributed by atoms with van der Waals surface area (Å²) in [7, 11) is 1.68. The van der Waals surface area contributed by atoms with E-state index < -0.39 is 6.16 Å². The molecule has 0 rings (SSSR count). The summed E-state index contributed by atoms with van der Waals surface area (Å²) >= 11 is 0. The van der Waals surface area contributed by atoms with Crippen molar-refractivity contribution in [3.05, 3.63) is 0 Å². The quantitative estimate of drug-likeness (QED) is 0.323. The van der Waals surface area contributed by atoms with Crippen molar-refractivity contribution in [2.24, 2.45) is 0 Å². The van der Waals surface area contributed by atoms with Gasteiger partial charge in [-0.3, -0.25) is 0 Å². The molecule has 0 aromatic rings. The van der Waals surface area contributed by atoms with Crippen LogP contribution in [0, 0.1) is 0 Å². The molecule has 33 valence electrons. The second-order valence-corrected chi connectivity index (χ2v) is 0.572. The lowest BCUT2D eigenvalue weighted by molar-refractivity contribution is 0.125. The molecule has 0 aromatic heterocycles. The molecule has 0 aromatic carbocycles. The molecule has 0 bridgehead atoms. The zero-order valence-corrected chi connectivity index (χ0v) is 3.30. The summed E-state index contributed by atoms with van der Waals surface area (Å²) in [5.74, 6) is 0. The van der Waals surface area contributed by atoms with Crippen LogP contribution >= 0.6 is 0 Å². The van der Waals surface area contributed by atoms with Crippen molar-refractivity contribution in [1.29, 1.82) is 1.34 Å². The first-order chi connectivity index (χ1) is 3.31. The highest BCUT2D eigenvalue weighted by atomic mass is 16.7. The van der Waals surface area contributed by atoms with Gasteiger partial charge in [0, 0.05) is 1.34 Å². The Labute approximate surface area is 38.0 Å². The minimum Gasteiger partial charge on any atom is -0.512 e. The molecule has 0 spiro atoms. The van der Waals surface area contributed by atoms with Crippen LogP contribution in [0.2, 0.25) is 0 Å². The van der Waals surface area contributed by atoms with Crippen LogP contribution in [0.15, 0.2) is 0 Å². The van der Waals surface area contributed by atoms with Crippen molar-refractivity contribution < 1.29 is 14.2 Å². The van der Waals surface area contributed by atoms with Crippen LogP contribution in [-0.4, -0.2) is 22.6 Å². The lowest BCUT2D eigenvalue weighted by Gasteiger charge is -1.90. The fourth-order valence-corrected chi connectivity index (χ4v) is 0.0481. The summed E-state index contributed by atoms with van der Waals surface area (Å²) in [5.41, 5.74) is 0. The predicted octanol–water partition coefficient (Wildman–Crippen LogP) is -0.415. The molecule has 0 saturated carbocycles. The molecule has 4 heteroatoms. The Morgan fingerprint density at radius 3 is 3.00 bits per heavy atom. The molecule has 0 aliphatic rings. The van der Waals surface area contributed by atoms with Gasteiger partial charge >= 0.3 is 14.2 Å². The van der Waals surface area contributed by atoms with Gasteiger partial charge in [-0.25, -0.2) is 4.79 Å². The normalized spacial score (nSPS) is 8.50. The highest BCUT2D eigenvalue weighted by Crippen LogP contribution is 1.71. The predicted molar refractivity (Wildman–Crippen MR) is 20.6 cm³/mol.